The molecule has 0 saturated carbocycles. The minimum Gasteiger partial charge on any atom is -0.504 e. The highest BCUT2D eigenvalue weighted by atomic mass is 16.7. The van der Waals surface area contributed by atoms with Gasteiger partial charge in [0.25, 0.3) is 0 Å². The van der Waals surface area contributed by atoms with Gasteiger partial charge in [0.05, 0.1) is 23.9 Å². The fourth-order valence-electron chi connectivity index (χ4n) is 7.85. The van der Waals surface area contributed by atoms with Crippen LogP contribution in [0, 0.1) is 0 Å². The number of ether oxygens (including phenoxy) is 5. The number of nitrogens with zero attached hydrogens (tertiary/aromatic N) is 1. The lowest BCUT2D eigenvalue weighted by molar-refractivity contribution is -0.219. The lowest BCUT2D eigenvalue weighted by Crippen LogP contribution is -2.74. The van der Waals surface area contributed by atoms with Gasteiger partial charge in [-0.15, -0.1) is 0 Å². The zero-order valence-corrected chi connectivity index (χ0v) is 27.6. The molecule has 16 nitrogen and oxygen atoms in total. The summed E-state index contributed by atoms with van der Waals surface area (Å²) in [6, 6.07) is 10.4. The van der Waals surface area contributed by atoms with Crippen molar-refractivity contribution in [3.05, 3.63) is 71.0 Å². The minimum atomic E-state index is -2.19. The molecule has 0 amide bonds. The number of carbonyl (C=O) groups excluding carboxylic acids is 3. The summed E-state index contributed by atoms with van der Waals surface area (Å²) in [5, 5.41) is 52.6. The summed E-state index contributed by atoms with van der Waals surface area (Å²) in [6.07, 6.45) is -8.16. The van der Waals surface area contributed by atoms with Crippen LogP contribution in [0.2, 0.25) is 0 Å². The van der Waals surface area contributed by atoms with E-state index in [1.807, 2.05) is 7.05 Å². The van der Waals surface area contributed by atoms with Gasteiger partial charge in [-0.3, -0.25) is 14.4 Å². The van der Waals surface area contributed by atoms with Gasteiger partial charge in [0.15, 0.2) is 36.1 Å². The van der Waals surface area contributed by atoms with Crippen LogP contribution in [-0.4, -0.2) is 110 Å². The molecule has 8 atom stereocenters. The number of aliphatic carboxylic acids is 2. The Balaban J connectivity index is 1.23. The van der Waals surface area contributed by atoms with Crippen molar-refractivity contribution in [2.45, 2.75) is 86.8 Å². The van der Waals surface area contributed by atoms with Crippen molar-refractivity contribution in [1.29, 1.82) is 0 Å². The zero-order valence-electron chi connectivity index (χ0n) is 27.6. The highest BCUT2D eigenvalue weighted by molar-refractivity contribution is 5.84. The normalized spacial score (nSPS) is 26.6. The second kappa shape index (κ2) is 13.6. The average Bonchev–Trinajstić information content (AvgIpc) is 3.43. The monoisotopic (exact) mass is 711 g/mol. The molecule has 2 unspecified atom stereocenters. The van der Waals surface area contributed by atoms with Crippen LogP contribution in [0.5, 0.6) is 11.5 Å². The van der Waals surface area contributed by atoms with Gasteiger partial charge in [0.1, 0.15) is 5.76 Å². The highest BCUT2D eigenvalue weighted by Crippen LogP contribution is 2.65. The number of rotatable bonds is 13. The molecule has 16 heteroatoms. The standard InChI is InChI=1S/C35H37NO15/c1-17(37)47-23(32(44)51-28(18-6-4-3-5-7-18)33(45)49-22(31(42)43)15-25(39)40)16-26(41)48-21-10-11-35(46)24-14-19-8-9-20(38)29-27(19)34(35,30(21)50-29)12-13-36(24)2/h3-10,22-24,28,30,32,38,44,46H,11-16H2,1-2H3,(H,39,40)(H,42,43)/t22-,23+,24-,28+,30+,32?,34?,35-/m1/s1. The van der Waals surface area contributed by atoms with E-state index in [0.29, 0.717) is 24.9 Å². The number of phenolic OH excluding ortho intramolecular Hbond substituents is 1. The van der Waals surface area contributed by atoms with Crippen LogP contribution in [-0.2, 0) is 54.8 Å². The molecule has 1 saturated heterocycles. The van der Waals surface area contributed by atoms with E-state index in [9.17, 15) is 44.4 Å². The molecule has 0 radical (unpaired) electrons. The Bertz CT molecular complexity index is 1780. The molecule has 51 heavy (non-hydrogen) atoms. The van der Waals surface area contributed by atoms with Gasteiger partial charge in [0, 0.05) is 24.9 Å². The largest absolute Gasteiger partial charge is 0.504 e. The predicted molar refractivity (Wildman–Crippen MR) is 169 cm³/mol. The number of aromatic hydroxyl groups is 1. The number of carboxylic acids is 2. The van der Waals surface area contributed by atoms with E-state index in [2.05, 4.69) is 4.90 Å². The lowest BCUT2D eigenvalue weighted by atomic mass is 9.50. The molecule has 2 aliphatic carbocycles. The highest BCUT2D eigenvalue weighted by Gasteiger charge is 2.72. The number of benzene rings is 2. The van der Waals surface area contributed by atoms with Crippen molar-refractivity contribution in [3.8, 4) is 11.5 Å². The second-order valence-electron chi connectivity index (χ2n) is 13.1. The van der Waals surface area contributed by atoms with Gasteiger partial charge in [0.2, 0.25) is 6.10 Å². The fraction of sp³-hybridized carbons (Fsp3) is 0.457. The molecular weight excluding hydrogens is 674 g/mol. The molecule has 2 aromatic rings. The van der Waals surface area contributed by atoms with E-state index >= 15 is 0 Å². The SMILES string of the molecule is CC(=O)O[C@@H](CC(=O)OC1=CC[C@@]2(O)[C@H]3Cc4ccc(O)c5c4C2(CCN3C)[C@H]1O5)C(O)O[C@H](C(=O)O[C@H](CC(=O)O)C(=O)O)c1ccccc1. The van der Waals surface area contributed by atoms with Crippen LogP contribution in [0.15, 0.2) is 54.3 Å². The third-order valence-electron chi connectivity index (χ3n) is 10.1. The molecular formula is C35H37NO15. The molecule has 2 bridgehead atoms. The van der Waals surface area contributed by atoms with Gasteiger partial charge in [-0.2, -0.15) is 0 Å². The summed E-state index contributed by atoms with van der Waals surface area (Å²) in [5.74, 6) is -6.47. The third kappa shape index (κ3) is 6.28. The number of hydrogen-bond acceptors (Lipinski definition) is 14. The molecule has 272 valence electrons. The Morgan fingerprint density at radius 3 is 2.43 bits per heavy atom. The molecule has 4 aliphatic rings. The van der Waals surface area contributed by atoms with Gasteiger partial charge >= 0.3 is 29.8 Å². The Morgan fingerprint density at radius 1 is 1.04 bits per heavy atom. The van der Waals surface area contributed by atoms with Crippen molar-refractivity contribution in [1.82, 2.24) is 4.90 Å². The van der Waals surface area contributed by atoms with Gasteiger partial charge in [-0.1, -0.05) is 36.4 Å². The molecule has 2 heterocycles. The van der Waals surface area contributed by atoms with Crippen molar-refractivity contribution in [2.24, 2.45) is 0 Å². The number of esters is 3. The number of piperidine rings is 1. The number of carbonyl (C=O) groups is 5. The first kappa shape index (κ1) is 35.8. The van der Waals surface area contributed by atoms with Crippen molar-refractivity contribution < 1.29 is 73.2 Å². The molecule has 6 rings (SSSR count). The van der Waals surface area contributed by atoms with Crippen LogP contribution < -0.4 is 4.74 Å². The topological polar surface area (TPSA) is 236 Å². The average molecular weight is 712 g/mol. The van der Waals surface area contributed by atoms with E-state index in [-0.39, 0.29) is 35.3 Å². The minimum absolute atomic E-state index is 0.0531. The molecule has 1 fully saturated rings. The van der Waals surface area contributed by atoms with E-state index in [0.717, 1.165) is 12.5 Å². The van der Waals surface area contributed by atoms with Crippen LogP contribution in [0.3, 0.4) is 0 Å². The molecule has 5 N–H and O–H groups in total. The molecule has 2 aliphatic heterocycles. The maximum absolute atomic E-state index is 13.5. The number of phenols is 1. The summed E-state index contributed by atoms with van der Waals surface area (Å²) in [6.45, 7) is 1.60. The Kier molecular flexibility index (Phi) is 9.54. The summed E-state index contributed by atoms with van der Waals surface area (Å²) in [5.41, 5.74) is -0.726. The molecule has 0 aromatic heterocycles. The summed E-state index contributed by atoms with van der Waals surface area (Å²) < 4.78 is 27.7. The van der Waals surface area contributed by atoms with Gasteiger partial charge in [-0.05, 0) is 49.7 Å². The molecule has 2 aromatic carbocycles. The number of hydrogen-bond donors (Lipinski definition) is 5. The Hall–Kier alpha value is -5.03. The number of aliphatic hydroxyl groups excluding tert-OH is 1. The quantitative estimate of drug-likeness (QED) is 0.111. The number of likely N-dealkylation sites (N-methyl/N-ethyl adjacent to an activating group) is 1. The van der Waals surface area contributed by atoms with Crippen LogP contribution >= 0.6 is 0 Å². The first-order valence-electron chi connectivity index (χ1n) is 16.2. The Morgan fingerprint density at radius 2 is 1.76 bits per heavy atom. The van der Waals surface area contributed by atoms with Crippen molar-refractivity contribution in [3.63, 3.8) is 0 Å². The van der Waals surface area contributed by atoms with Crippen LogP contribution in [0.4, 0.5) is 0 Å². The second-order valence-corrected chi connectivity index (χ2v) is 13.1. The first-order chi connectivity index (χ1) is 24.2. The van der Waals surface area contributed by atoms with E-state index < -0.39 is 84.4 Å². The van der Waals surface area contributed by atoms with Crippen molar-refractivity contribution >= 4 is 29.8 Å². The van der Waals surface area contributed by atoms with Gasteiger partial charge < -0.3 is 54.1 Å². The van der Waals surface area contributed by atoms with Gasteiger partial charge in [-0.25, -0.2) is 9.59 Å². The summed E-state index contributed by atoms with van der Waals surface area (Å²) in [7, 11) is 1.93. The van der Waals surface area contributed by atoms with E-state index in [1.54, 1.807) is 18.2 Å². The summed E-state index contributed by atoms with van der Waals surface area (Å²) in [4.78, 5) is 63.5. The maximum Gasteiger partial charge on any atom is 0.345 e. The zero-order chi connectivity index (χ0) is 36.8. The van der Waals surface area contributed by atoms with Crippen molar-refractivity contribution in [2.75, 3.05) is 13.6 Å². The smallest absolute Gasteiger partial charge is 0.345 e. The summed E-state index contributed by atoms with van der Waals surface area (Å²) >= 11 is 0. The first-order valence-corrected chi connectivity index (χ1v) is 16.2. The molecule has 1 spiro atoms. The predicted octanol–water partition coefficient (Wildman–Crippen LogP) is 1.08. The van der Waals surface area contributed by atoms with E-state index in [4.69, 9.17) is 28.8 Å². The number of carboxylic acid groups (broad SMARTS) is 2. The third-order valence-corrected chi connectivity index (χ3v) is 10.1. The van der Waals surface area contributed by atoms with E-state index in [1.165, 1.54) is 30.3 Å². The fourth-order valence-corrected chi connectivity index (χ4v) is 7.85. The lowest BCUT2D eigenvalue weighted by Gasteiger charge is -2.61. The Labute approximate surface area is 290 Å². The number of likely N-dealkylation sites (tertiary alicyclic amines) is 1. The maximum atomic E-state index is 13.5. The van der Waals surface area contributed by atoms with Crippen LogP contribution in [0.1, 0.15) is 55.4 Å². The van der Waals surface area contributed by atoms with Crippen LogP contribution in [0.25, 0.3) is 0 Å². The number of aliphatic hydroxyl groups is 2.